The molecule has 0 aliphatic heterocycles. The Kier molecular flexibility index (Phi) is 8.37. The second-order valence-electron chi connectivity index (χ2n) is 10.9. The summed E-state index contributed by atoms with van der Waals surface area (Å²) in [5, 5.41) is 19.7. The van der Waals surface area contributed by atoms with Crippen LogP contribution in [0.3, 0.4) is 0 Å². The summed E-state index contributed by atoms with van der Waals surface area (Å²) in [4.78, 5) is 13.7. The first kappa shape index (κ1) is 29.7. The SMILES string of the molecule is N#Cc1nc(-c2ccc(N(c3ccccc3)c3ccccc3)cc2)c(-c2ccc(N(c3ccccc3)c3ccccc3)cc2)nc1C#N. The summed E-state index contributed by atoms with van der Waals surface area (Å²) in [5.41, 5.74) is 8.65. The van der Waals surface area contributed by atoms with E-state index in [1.165, 1.54) is 0 Å². The van der Waals surface area contributed by atoms with Crippen molar-refractivity contribution in [2.45, 2.75) is 0 Å². The molecule has 6 nitrogen and oxygen atoms in total. The molecule has 6 aromatic carbocycles. The van der Waals surface area contributed by atoms with E-state index in [9.17, 15) is 10.5 Å². The van der Waals surface area contributed by atoms with Crippen molar-refractivity contribution in [3.63, 3.8) is 0 Å². The molecule has 0 radical (unpaired) electrons. The van der Waals surface area contributed by atoms with E-state index >= 15 is 0 Å². The molecule has 48 heavy (non-hydrogen) atoms. The Morgan fingerprint density at radius 2 is 0.583 bits per heavy atom. The standard InChI is InChI=1S/C42H28N6/c43-29-39-40(30-44)46-42(32-23-27-38(28-24-32)48(35-17-9-3-10-18-35)36-19-11-4-12-20-36)41(45-39)31-21-25-37(26-22-31)47(33-13-5-1-6-14-33)34-15-7-2-8-16-34/h1-28H. The zero-order valence-corrected chi connectivity index (χ0v) is 25.8. The first-order chi connectivity index (χ1) is 23.7. The van der Waals surface area contributed by atoms with E-state index in [0.717, 1.165) is 45.3 Å². The summed E-state index contributed by atoms with van der Waals surface area (Å²) in [7, 11) is 0. The van der Waals surface area contributed by atoms with Gasteiger partial charge in [-0.25, -0.2) is 9.97 Å². The largest absolute Gasteiger partial charge is 0.311 e. The molecule has 0 aliphatic carbocycles. The first-order valence-corrected chi connectivity index (χ1v) is 15.5. The monoisotopic (exact) mass is 616 g/mol. The van der Waals surface area contributed by atoms with Crippen LogP contribution in [0.25, 0.3) is 22.5 Å². The van der Waals surface area contributed by atoms with Crippen LogP contribution in [-0.4, -0.2) is 9.97 Å². The van der Waals surface area contributed by atoms with Crippen molar-refractivity contribution in [2.75, 3.05) is 9.80 Å². The first-order valence-electron chi connectivity index (χ1n) is 15.5. The lowest BCUT2D eigenvalue weighted by atomic mass is 10.0. The molecular formula is C42H28N6. The highest BCUT2D eigenvalue weighted by molar-refractivity contribution is 5.84. The summed E-state index contributed by atoms with van der Waals surface area (Å²) in [5.74, 6) is 0. The Labute approximate surface area is 279 Å². The number of hydrogen-bond donors (Lipinski definition) is 0. The summed E-state index contributed by atoms with van der Waals surface area (Å²) in [6.45, 7) is 0. The van der Waals surface area contributed by atoms with E-state index in [0.29, 0.717) is 11.4 Å². The van der Waals surface area contributed by atoms with E-state index < -0.39 is 0 Å². The molecule has 0 N–H and O–H groups in total. The Balaban J connectivity index is 1.30. The van der Waals surface area contributed by atoms with Gasteiger partial charge in [0.2, 0.25) is 0 Å². The summed E-state index contributed by atoms with van der Waals surface area (Å²) >= 11 is 0. The summed E-state index contributed by atoms with van der Waals surface area (Å²) < 4.78 is 0. The van der Waals surface area contributed by atoms with Gasteiger partial charge < -0.3 is 9.80 Å². The van der Waals surface area contributed by atoms with Gasteiger partial charge in [-0.2, -0.15) is 10.5 Å². The van der Waals surface area contributed by atoms with Gasteiger partial charge in [-0.3, -0.25) is 0 Å². The number of hydrogen-bond acceptors (Lipinski definition) is 6. The van der Waals surface area contributed by atoms with Crippen LogP contribution >= 0.6 is 0 Å². The van der Waals surface area contributed by atoms with E-state index in [2.05, 4.69) is 80.4 Å². The molecule has 0 aliphatic rings. The van der Waals surface area contributed by atoms with Crippen LogP contribution in [0.4, 0.5) is 34.1 Å². The molecule has 0 saturated heterocycles. The lowest BCUT2D eigenvalue weighted by molar-refractivity contribution is 1.14. The molecule has 0 atom stereocenters. The zero-order valence-electron chi connectivity index (χ0n) is 25.8. The molecule has 226 valence electrons. The average Bonchev–Trinajstić information content (AvgIpc) is 3.17. The van der Waals surface area contributed by atoms with Gasteiger partial charge in [-0.1, -0.05) is 97.1 Å². The molecule has 7 rings (SSSR count). The maximum atomic E-state index is 9.85. The highest BCUT2D eigenvalue weighted by atomic mass is 15.1. The molecule has 0 spiro atoms. The molecule has 0 amide bonds. The predicted molar refractivity (Wildman–Crippen MR) is 192 cm³/mol. The normalized spacial score (nSPS) is 10.5. The second kappa shape index (κ2) is 13.5. The third kappa shape index (κ3) is 5.98. The fourth-order valence-electron chi connectivity index (χ4n) is 5.73. The average molecular weight is 617 g/mol. The lowest BCUT2D eigenvalue weighted by Crippen LogP contribution is -2.10. The Hall–Kier alpha value is -7.02. The minimum Gasteiger partial charge on any atom is -0.311 e. The van der Waals surface area contributed by atoms with Gasteiger partial charge in [-0.15, -0.1) is 0 Å². The van der Waals surface area contributed by atoms with Crippen molar-refractivity contribution >= 4 is 34.1 Å². The molecular weight excluding hydrogens is 589 g/mol. The second-order valence-corrected chi connectivity index (χ2v) is 10.9. The van der Waals surface area contributed by atoms with Crippen molar-refractivity contribution in [3.05, 3.63) is 181 Å². The number of para-hydroxylation sites is 4. The Bertz CT molecular complexity index is 1980. The molecule has 0 bridgehead atoms. The van der Waals surface area contributed by atoms with Crippen LogP contribution in [-0.2, 0) is 0 Å². The number of benzene rings is 6. The molecule has 1 heterocycles. The van der Waals surface area contributed by atoms with E-state index in [-0.39, 0.29) is 11.4 Å². The van der Waals surface area contributed by atoms with Gasteiger partial charge in [-0.05, 0) is 72.8 Å². The quantitative estimate of drug-likeness (QED) is 0.169. The fourth-order valence-corrected chi connectivity index (χ4v) is 5.73. The van der Waals surface area contributed by atoms with Crippen molar-refractivity contribution in [2.24, 2.45) is 0 Å². The molecule has 6 heteroatoms. The van der Waals surface area contributed by atoms with Crippen molar-refractivity contribution < 1.29 is 0 Å². The highest BCUT2D eigenvalue weighted by Gasteiger charge is 2.19. The van der Waals surface area contributed by atoms with Gasteiger partial charge in [0.25, 0.3) is 0 Å². The Morgan fingerprint density at radius 3 is 0.833 bits per heavy atom. The number of nitrogens with zero attached hydrogens (tertiary/aromatic N) is 6. The topological polar surface area (TPSA) is 79.8 Å². The Morgan fingerprint density at radius 1 is 0.333 bits per heavy atom. The maximum absolute atomic E-state index is 9.85. The smallest absolute Gasteiger partial charge is 0.177 e. The minimum atomic E-state index is -0.00789. The van der Waals surface area contributed by atoms with E-state index in [1.807, 2.05) is 121 Å². The van der Waals surface area contributed by atoms with Crippen LogP contribution in [0.1, 0.15) is 11.4 Å². The third-order valence-electron chi connectivity index (χ3n) is 7.96. The zero-order chi connectivity index (χ0) is 32.7. The maximum Gasteiger partial charge on any atom is 0.177 e. The van der Waals surface area contributed by atoms with Crippen molar-refractivity contribution in [3.8, 4) is 34.7 Å². The lowest BCUT2D eigenvalue weighted by Gasteiger charge is -2.26. The van der Waals surface area contributed by atoms with Crippen LogP contribution in [0.5, 0.6) is 0 Å². The molecule has 7 aromatic rings. The molecule has 0 unspecified atom stereocenters. The van der Waals surface area contributed by atoms with E-state index in [4.69, 9.17) is 0 Å². The number of anilines is 6. The van der Waals surface area contributed by atoms with Crippen LogP contribution < -0.4 is 9.80 Å². The predicted octanol–water partition coefficient (Wildman–Crippen LogP) is 10.5. The number of nitriles is 2. The minimum absolute atomic E-state index is 0.00789. The van der Waals surface area contributed by atoms with Crippen molar-refractivity contribution in [1.82, 2.24) is 9.97 Å². The molecule has 0 fully saturated rings. The van der Waals surface area contributed by atoms with Gasteiger partial charge in [0.15, 0.2) is 11.4 Å². The number of aromatic nitrogens is 2. The van der Waals surface area contributed by atoms with Gasteiger partial charge >= 0.3 is 0 Å². The van der Waals surface area contributed by atoms with E-state index in [1.54, 1.807) is 0 Å². The van der Waals surface area contributed by atoms with Crippen LogP contribution in [0.15, 0.2) is 170 Å². The van der Waals surface area contributed by atoms with Gasteiger partial charge in [0.1, 0.15) is 12.1 Å². The van der Waals surface area contributed by atoms with Crippen LogP contribution in [0.2, 0.25) is 0 Å². The van der Waals surface area contributed by atoms with Gasteiger partial charge in [0.05, 0.1) is 11.4 Å². The molecule has 1 aromatic heterocycles. The van der Waals surface area contributed by atoms with Gasteiger partial charge in [0, 0.05) is 45.3 Å². The number of rotatable bonds is 8. The summed E-state index contributed by atoms with van der Waals surface area (Å²) in [6.07, 6.45) is 0. The van der Waals surface area contributed by atoms with Crippen LogP contribution in [0, 0.1) is 22.7 Å². The third-order valence-corrected chi connectivity index (χ3v) is 7.96. The fraction of sp³-hybridized carbons (Fsp3) is 0. The van der Waals surface area contributed by atoms with Crippen molar-refractivity contribution in [1.29, 1.82) is 10.5 Å². The molecule has 0 saturated carbocycles. The summed E-state index contributed by atoms with van der Waals surface area (Å²) in [6, 6.07) is 60.9. The highest BCUT2D eigenvalue weighted by Crippen LogP contribution is 2.38.